The maximum absolute atomic E-state index is 12.3. The number of rotatable bonds is 2. The molecule has 1 N–H and O–H groups in total. The molecule has 2 heterocycles. The van der Waals surface area contributed by atoms with Gasteiger partial charge >= 0.3 is 0 Å². The van der Waals surface area contributed by atoms with Gasteiger partial charge < -0.3 is 5.32 Å². The van der Waals surface area contributed by atoms with E-state index in [1.54, 1.807) is 11.3 Å². The molecule has 0 saturated heterocycles. The Bertz CT molecular complexity index is 872. The number of benzene rings is 2. The molecule has 0 bridgehead atoms. The summed E-state index contributed by atoms with van der Waals surface area (Å²) in [6, 6.07) is 18.4. The first-order valence-corrected chi connectivity index (χ1v) is 9.12. The molecule has 1 aliphatic rings. The standard InChI is InChI=1S/C19H14BrNOS/c20-16-9-5-4-8-13(16)14-10-17(22)21-18-15(11-23-19(14)18)12-6-2-1-3-7-12/h1-9,11,14H,10H2,(H,21,22). The van der Waals surface area contributed by atoms with Gasteiger partial charge in [-0.1, -0.05) is 64.5 Å². The molecule has 23 heavy (non-hydrogen) atoms. The van der Waals surface area contributed by atoms with Crippen LogP contribution in [0.25, 0.3) is 11.1 Å². The van der Waals surface area contributed by atoms with E-state index in [0.717, 1.165) is 21.3 Å². The number of nitrogens with one attached hydrogen (secondary N) is 1. The van der Waals surface area contributed by atoms with Gasteiger partial charge in [-0.25, -0.2) is 0 Å². The van der Waals surface area contributed by atoms with Gasteiger partial charge in [0.1, 0.15) is 0 Å². The molecule has 1 aliphatic heterocycles. The summed E-state index contributed by atoms with van der Waals surface area (Å²) in [5, 5.41) is 5.23. The number of thiophene rings is 1. The molecule has 0 saturated carbocycles. The van der Waals surface area contributed by atoms with E-state index in [2.05, 4.69) is 44.8 Å². The van der Waals surface area contributed by atoms with Crippen LogP contribution in [0.3, 0.4) is 0 Å². The van der Waals surface area contributed by atoms with Crippen LogP contribution in [0.4, 0.5) is 5.69 Å². The monoisotopic (exact) mass is 383 g/mol. The fourth-order valence-corrected chi connectivity index (χ4v) is 4.78. The van der Waals surface area contributed by atoms with Crippen LogP contribution >= 0.6 is 27.3 Å². The molecule has 0 spiro atoms. The first kappa shape index (κ1) is 14.7. The van der Waals surface area contributed by atoms with Gasteiger partial charge in [0.15, 0.2) is 0 Å². The Morgan fingerprint density at radius 2 is 1.78 bits per heavy atom. The Hall–Kier alpha value is -1.91. The minimum atomic E-state index is 0.0776. The van der Waals surface area contributed by atoms with Crippen molar-refractivity contribution in [2.45, 2.75) is 12.3 Å². The third-order valence-corrected chi connectivity index (χ3v) is 5.97. The molecule has 4 rings (SSSR count). The molecule has 1 unspecified atom stereocenters. The Kier molecular flexibility index (Phi) is 3.79. The van der Waals surface area contributed by atoms with Crippen LogP contribution in [0.2, 0.25) is 0 Å². The van der Waals surface area contributed by atoms with Crippen LogP contribution in [-0.4, -0.2) is 5.91 Å². The molecular weight excluding hydrogens is 370 g/mol. The Balaban J connectivity index is 1.85. The molecule has 1 atom stereocenters. The minimum Gasteiger partial charge on any atom is -0.325 e. The Morgan fingerprint density at radius 1 is 1.04 bits per heavy atom. The highest BCUT2D eigenvalue weighted by molar-refractivity contribution is 9.10. The van der Waals surface area contributed by atoms with Gasteiger partial charge in [0.25, 0.3) is 0 Å². The topological polar surface area (TPSA) is 29.1 Å². The zero-order chi connectivity index (χ0) is 15.8. The van der Waals surface area contributed by atoms with Gasteiger partial charge in [-0.3, -0.25) is 4.79 Å². The van der Waals surface area contributed by atoms with Crippen LogP contribution < -0.4 is 5.32 Å². The maximum atomic E-state index is 12.3. The number of hydrogen-bond donors (Lipinski definition) is 1. The number of halogens is 1. The summed E-state index contributed by atoms with van der Waals surface area (Å²) in [4.78, 5) is 13.5. The Labute approximate surface area is 147 Å². The summed E-state index contributed by atoms with van der Waals surface area (Å²) in [5.74, 6) is 0.186. The van der Waals surface area contributed by atoms with E-state index in [1.165, 1.54) is 10.4 Å². The zero-order valence-corrected chi connectivity index (χ0v) is 14.7. The molecule has 114 valence electrons. The Morgan fingerprint density at radius 3 is 2.57 bits per heavy atom. The molecule has 0 fully saturated rings. The minimum absolute atomic E-state index is 0.0776. The highest BCUT2D eigenvalue weighted by Gasteiger charge is 2.31. The van der Waals surface area contributed by atoms with Gasteiger partial charge in [-0.15, -0.1) is 11.3 Å². The average Bonchev–Trinajstić information content (AvgIpc) is 2.99. The van der Waals surface area contributed by atoms with Crippen molar-refractivity contribution in [2.75, 3.05) is 5.32 Å². The van der Waals surface area contributed by atoms with Crippen molar-refractivity contribution in [3.05, 3.63) is 74.9 Å². The summed E-state index contributed by atoms with van der Waals surface area (Å²) in [7, 11) is 0. The predicted molar refractivity (Wildman–Crippen MR) is 99.0 cm³/mol. The van der Waals surface area contributed by atoms with E-state index in [0.29, 0.717) is 6.42 Å². The quantitative estimate of drug-likeness (QED) is 0.608. The van der Waals surface area contributed by atoms with Crippen molar-refractivity contribution in [1.29, 1.82) is 0 Å². The highest BCUT2D eigenvalue weighted by atomic mass is 79.9. The van der Waals surface area contributed by atoms with Crippen molar-refractivity contribution in [1.82, 2.24) is 0 Å². The second-order valence-electron chi connectivity index (χ2n) is 5.58. The maximum Gasteiger partial charge on any atom is 0.225 e. The van der Waals surface area contributed by atoms with Gasteiger partial charge in [0.05, 0.1) is 5.69 Å². The first-order valence-electron chi connectivity index (χ1n) is 7.45. The van der Waals surface area contributed by atoms with Crippen LogP contribution in [0.1, 0.15) is 22.8 Å². The van der Waals surface area contributed by atoms with E-state index in [4.69, 9.17) is 0 Å². The second kappa shape index (κ2) is 5.95. The van der Waals surface area contributed by atoms with Crippen molar-refractivity contribution in [3.8, 4) is 11.1 Å². The number of anilines is 1. The number of amides is 1. The first-order chi connectivity index (χ1) is 11.2. The summed E-state index contributed by atoms with van der Waals surface area (Å²) in [6.45, 7) is 0. The highest BCUT2D eigenvalue weighted by Crippen LogP contribution is 2.47. The lowest BCUT2D eigenvalue weighted by molar-refractivity contribution is -0.116. The third kappa shape index (κ3) is 2.62. The molecule has 0 radical (unpaired) electrons. The lowest BCUT2D eigenvalue weighted by atomic mass is 9.89. The summed E-state index contributed by atoms with van der Waals surface area (Å²) in [5.41, 5.74) is 4.39. The van der Waals surface area contributed by atoms with Crippen LogP contribution in [0.15, 0.2) is 64.5 Å². The van der Waals surface area contributed by atoms with E-state index < -0.39 is 0 Å². The molecule has 2 nitrogen and oxygen atoms in total. The predicted octanol–water partition coefficient (Wildman–Crippen LogP) is 5.65. The van der Waals surface area contributed by atoms with E-state index in [-0.39, 0.29) is 11.8 Å². The summed E-state index contributed by atoms with van der Waals surface area (Å²) >= 11 is 5.35. The molecule has 2 aromatic carbocycles. The molecular formula is C19H14BrNOS. The van der Waals surface area contributed by atoms with Gasteiger partial charge in [0.2, 0.25) is 5.91 Å². The van der Waals surface area contributed by atoms with Crippen LogP contribution in [0, 0.1) is 0 Å². The fourth-order valence-electron chi connectivity index (χ4n) is 3.07. The van der Waals surface area contributed by atoms with E-state index in [9.17, 15) is 4.79 Å². The SMILES string of the molecule is O=C1CC(c2ccccc2Br)c2scc(-c3ccccc3)c2N1. The number of carbonyl (C=O) groups is 1. The van der Waals surface area contributed by atoms with Gasteiger partial charge in [-0.05, 0) is 17.2 Å². The van der Waals surface area contributed by atoms with Gasteiger partial charge in [0, 0.05) is 32.6 Å². The van der Waals surface area contributed by atoms with Crippen molar-refractivity contribution in [2.24, 2.45) is 0 Å². The third-order valence-electron chi connectivity index (χ3n) is 4.16. The largest absolute Gasteiger partial charge is 0.325 e. The molecule has 1 aromatic heterocycles. The number of carbonyl (C=O) groups excluding carboxylic acids is 1. The lowest BCUT2D eigenvalue weighted by Crippen LogP contribution is -2.22. The van der Waals surface area contributed by atoms with Crippen molar-refractivity contribution >= 4 is 38.9 Å². The van der Waals surface area contributed by atoms with E-state index >= 15 is 0 Å². The molecule has 1 amide bonds. The second-order valence-corrected chi connectivity index (χ2v) is 7.35. The van der Waals surface area contributed by atoms with E-state index in [1.807, 2.05) is 36.4 Å². The van der Waals surface area contributed by atoms with Crippen LogP contribution in [-0.2, 0) is 4.79 Å². The molecule has 3 aromatic rings. The fraction of sp³-hybridized carbons (Fsp3) is 0.105. The summed E-state index contributed by atoms with van der Waals surface area (Å²) in [6.07, 6.45) is 0.490. The molecule has 0 aliphatic carbocycles. The summed E-state index contributed by atoms with van der Waals surface area (Å²) < 4.78 is 1.06. The smallest absolute Gasteiger partial charge is 0.225 e. The van der Waals surface area contributed by atoms with Crippen molar-refractivity contribution < 1.29 is 4.79 Å². The molecule has 4 heteroatoms. The van der Waals surface area contributed by atoms with Crippen LogP contribution in [0.5, 0.6) is 0 Å². The lowest BCUT2D eigenvalue weighted by Gasteiger charge is -2.24. The zero-order valence-electron chi connectivity index (χ0n) is 12.3. The number of fused-ring (bicyclic) bond motifs is 1. The number of hydrogen-bond acceptors (Lipinski definition) is 2. The van der Waals surface area contributed by atoms with Gasteiger partial charge in [-0.2, -0.15) is 0 Å². The average molecular weight is 384 g/mol. The van der Waals surface area contributed by atoms with Crippen molar-refractivity contribution in [3.63, 3.8) is 0 Å². The normalized spacial score (nSPS) is 16.7.